The number of Topliss-reactive ketones (excluding diaryl/α,β-unsaturated/α-hetero) is 2. The highest BCUT2D eigenvalue weighted by molar-refractivity contribution is 6.23. The van der Waals surface area contributed by atoms with E-state index >= 15 is 0 Å². The summed E-state index contributed by atoms with van der Waals surface area (Å²) in [5.41, 5.74) is 0.799. The molecule has 0 aromatic heterocycles. The lowest BCUT2D eigenvalue weighted by Gasteiger charge is -2.49. The number of amides is 1. The standard InChI is InChI=1S/C21H19NO9.C2H6/c1-6-9-5-8-11(20(29)30)7-3-2-4-10(23)12(7)16(25)13(8)17(26)21(9,31)18(27)14(15(6)24)19(22)28;1-2/h2-4,6,8-9,11,23,25,27,31H,5H2,1H3,(H2,22,28)(H,29,30);1-2H3/t6-,8+,9-,11-,21-;/m0./s1. The highest BCUT2D eigenvalue weighted by atomic mass is 16.4. The number of phenolic OH excluding ortho intramolecular Hbond substituents is 1. The number of carboxylic acid groups (broad SMARTS) is 1. The third-order valence-electron chi connectivity index (χ3n) is 6.68. The molecule has 0 spiro atoms. The van der Waals surface area contributed by atoms with E-state index in [0.717, 1.165) is 0 Å². The summed E-state index contributed by atoms with van der Waals surface area (Å²) in [5.74, 6) is -12.1. The van der Waals surface area contributed by atoms with Crippen molar-refractivity contribution in [2.45, 2.75) is 38.7 Å². The van der Waals surface area contributed by atoms with Crippen LogP contribution in [0.15, 0.2) is 35.1 Å². The number of fused-ring (bicyclic) bond motifs is 3. The van der Waals surface area contributed by atoms with Crippen LogP contribution in [0.25, 0.3) is 5.76 Å². The van der Waals surface area contributed by atoms with E-state index in [1.165, 1.54) is 25.1 Å². The van der Waals surface area contributed by atoms with Gasteiger partial charge in [0, 0.05) is 23.3 Å². The molecule has 1 fully saturated rings. The van der Waals surface area contributed by atoms with E-state index in [9.17, 15) is 44.7 Å². The number of aliphatic hydroxyl groups excluding tert-OH is 2. The van der Waals surface area contributed by atoms with E-state index in [2.05, 4.69) is 0 Å². The molecule has 10 heteroatoms. The summed E-state index contributed by atoms with van der Waals surface area (Å²) in [6.45, 7) is 5.34. The van der Waals surface area contributed by atoms with Crippen LogP contribution in [0.5, 0.6) is 5.75 Å². The van der Waals surface area contributed by atoms with Crippen LogP contribution in [0.2, 0.25) is 0 Å². The number of hydrogen-bond acceptors (Lipinski definition) is 8. The van der Waals surface area contributed by atoms with Gasteiger partial charge in [0.1, 0.15) is 22.8 Å². The second-order valence-corrected chi connectivity index (χ2v) is 8.10. The topological polar surface area (TPSA) is 195 Å². The molecule has 1 aromatic rings. The summed E-state index contributed by atoms with van der Waals surface area (Å²) in [7, 11) is 0. The fourth-order valence-corrected chi connectivity index (χ4v) is 5.23. The van der Waals surface area contributed by atoms with Gasteiger partial charge >= 0.3 is 5.97 Å². The molecule has 0 unspecified atom stereocenters. The number of benzene rings is 1. The van der Waals surface area contributed by atoms with Gasteiger partial charge in [-0.05, 0) is 18.1 Å². The maximum Gasteiger partial charge on any atom is 0.311 e. The third kappa shape index (κ3) is 3.05. The van der Waals surface area contributed by atoms with Crippen LogP contribution < -0.4 is 5.73 Å². The van der Waals surface area contributed by atoms with Crippen LogP contribution in [0.1, 0.15) is 44.2 Å². The Labute approximate surface area is 188 Å². The molecule has 4 rings (SSSR count). The van der Waals surface area contributed by atoms with Crippen molar-refractivity contribution in [2.24, 2.45) is 23.5 Å². The Morgan fingerprint density at radius 3 is 2.27 bits per heavy atom. The molecule has 5 atom stereocenters. The summed E-state index contributed by atoms with van der Waals surface area (Å²) in [6.07, 6.45) is -0.267. The van der Waals surface area contributed by atoms with E-state index in [0.29, 0.717) is 0 Å². The van der Waals surface area contributed by atoms with Gasteiger partial charge in [0.05, 0.1) is 11.5 Å². The first-order valence-electron chi connectivity index (χ1n) is 10.5. The van der Waals surface area contributed by atoms with Crippen LogP contribution in [0.4, 0.5) is 0 Å². The molecule has 1 aromatic carbocycles. The monoisotopic (exact) mass is 459 g/mol. The molecule has 0 radical (unpaired) electrons. The number of hydrogen-bond donors (Lipinski definition) is 6. The molecule has 0 heterocycles. The van der Waals surface area contributed by atoms with Gasteiger partial charge in [-0.15, -0.1) is 0 Å². The molecule has 176 valence electrons. The summed E-state index contributed by atoms with van der Waals surface area (Å²) >= 11 is 0. The van der Waals surface area contributed by atoms with Crippen LogP contribution in [-0.4, -0.2) is 54.6 Å². The number of aromatic hydroxyl groups is 1. The normalized spacial score (nSPS) is 30.5. The zero-order chi connectivity index (χ0) is 25.0. The van der Waals surface area contributed by atoms with Gasteiger partial charge in [0.2, 0.25) is 5.78 Å². The van der Waals surface area contributed by atoms with Gasteiger partial charge in [0.25, 0.3) is 5.91 Å². The van der Waals surface area contributed by atoms with Crippen LogP contribution in [0.3, 0.4) is 0 Å². The smallest absolute Gasteiger partial charge is 0.311 e. The molecule has 33 heavy (non-hydrogen) atoms. The van der Waals surface area contributed by atoms with Gasteiger partial charge in [-0.2, -0.15) is 0 Å². The first-order valence-corrected chi connectivity index (χ1v) is 10.5. The number of phenols is 1. The Hall–Kier alpha value is -3.66. The predicted molar refractivity (Wildman–Crippen MR) is 114 cm³/mol. The number of carbonyl (C=O) groups is 4. The van der Waals surface area contributed by atoms with E-state index < -0.39 is 81.1 Å². The Balaban J connectivity index is 0.00000149. The van der Waals surface area contributed by atoms with Crippen molar-refractivity contribution in [2.75, 3.05) is 0 Å². The molecule has 0 bridgehead atoms. The quantitative estimate of drug-likeness (QED) is 0.353. The number of carboxylic acids is 1. The van der Waals surface area contributed by atoms with Gasteiger partial charge in [0.15, 0.2) is 11.4 Å². The van der Waals surface area contributed by atoms with Gasteiger partial charge in [-0.25, -0.2) is 0 Å². The number of ketones is 2. The first-order chi connectivity index (χ1) is 15.4. The van der Waals surface area contributed by atoms with E-state index in [4.69, 9.17) is 5.73 Å². The van der Waals surface area contributed by atoms with Crippen LogP contribution >= 0.6 is 0 Å². The largest absolute Gasteiger partial charge is 0.508 e. The SMILES string of the molecule is CC.C[C@@H]1C(=O)C(C(N)=O)=C(O)[C@@]2(O)C(=O)C3=C(O)c4c(O)cccc4[C@H](C(=O)O)[C@H]3C[C@@H]12. The predicted octanol–water partition coefficient (Wildman–Crippen LogP) is 1.32. The zero-order valence-corrected chi connectivity index (χ0v) is 18.2. The maximum absolute atomic E-state index is 13.4. The van der Waals surface area contributed by atoms with Crippen LogP contribution in [0, 0.1) is 17.8 Å². The Morgan fingerprint density at radius 2 is 1.73 bits per heavy atom. The van der Waals surface area contributed by atoms with Crippen LogP contribution in [-0.2, 0) is 19.2 Å². The maximum atomic E-state index is 13.4. The van der Waals surface area contributed by atoms with Crippen molar-refractivity contribution < 1.29 is 44.7 Å². The minimum Gasteiger partial charge on any atom is -0.508 e. The zero-order valence-electron chi connectivity index (χ0n) is 18.2. The van der Waals surface area contributed by atoms with Crippen molar-refractivity contribution >= 4 is 29.2 Å². The summed E-state index contributed by atoms with van der Waals surface area (Å²) in [5, 5.41) is 52.8. The number of primary amides is 1. The van der Waals surface area contributed by atoms with Gasteiger partial charge < -0.3 is 31.3 Å². The molecular weight excluding hydrogens is 434 g/mol. The average molecular weight is 459 g/mol. The number of aliphatic carboxylic acids is 1. The Kier molecular flexibility index (Phi) is 5.84. The van der Waals surface area contributed by atoms with Crippen molar-refractivity contribution in [3.05, 3.63) is 46.2 Å². The lowest BCUT2D eigenvalue weighted by Crippen LogP contribution is -2.61. The van der Waals surface area contributed by atoms with Crippen molar-refractivity contribution in [3.63, 3.8) is 0 Å². The average Bonchev–Trinajstić information content (AvgIpc) is 2.75. The van der Waals surface area contributed by atoms with Gasteiger partial charge in [-0.3, -0.25) is 19.2 Å². The molecule has 1 amide bonds. The summed E-state index contributed by atoms with van der Waals surface area (Å²) in [6, 6.07) is 3.98. The molecule has 1 saturated carbocycles. The number of rotatable bonds is 2. The first kappa shape index (κ1) is 24.0. The number of aliphatic hydroxyl groups is 3. The number of nitrogens with two attached hydrogens (primary N) is 1. The number of carbonyl (C=O) groups excluding carboxylic acids is 3. The highest BCUT2D eigenvalue weighted by Crippen LogP contribution is 2.56. The molecular formula is C23H25NO9. The molecule has 10 nitrogen and oxygen atoms in total. The molecule has 0 aliphatic heterocycles. The second-order valence-electron chi connectivity index (χ2n) is 8.10. The van der Waals surface area contributed by atoms with E-state index in [1.807, 2.05) is 13.8 Å². The highest BCUT2D eigenvalue weighted by Gasteiger charge is 2.64. The Morgan fingerprint density at radius 1 is 1.12 bits per heavy atom. The minimum atomic E-state index is -2.76. The molecule has 7 N–H and O–H groups in total. The van der Waals surface area contributed by atoms with Crippen molar-refractivity contribution in [1.82, 2.24) is 0 Å². The third-order valence-corrected chi connectivity index (χ3v) is 6.68. The molecule has 0 saturated heterocycles. The van der Waals surface area contributed by atoms with E-state index in [-0.39, 0.29) is 17.5 Å². The molecule has 3 aliphatic rings. The van der Waals surface area contributed by atoms with Crippen molar-refractivity contribution in [3.8, 4) is 5.75 Å². The lowest BCUT2D eigenvalue weighted by molar-refractivity contribution is -0.154. The Bertz CT molecular complexity index is 1150. The summed E-state index contributed by atoms with van der Waals surface area (Å²) < 4.78 is 0. The fraction of sp³-hybridized carbons (Fsp3) is 0.391. The van der Waals surface area contributed by atoms with Gasteiger partial charge in [-0.1, -0.05) is 32.9 Å². The molecule has 3 aliphatic carbocycles. The van der Waals surface area contributed by atoms with E-state index in [1.54, 1.807) is 0 Å². The minimum absolute atomic E-state index is 0.0735. The summed E-state index contributed by atoms with van der Waals surface area (Å²) in [4.78, 5) is 49.9. The fourth-order valence-electron chi connectivity index (χ4n) is 5.23. The van der Waals surface area contributed by atoms with Crippen molar-refractivity contribution in [1.29, 1.82) is 0 Å². The second kappa shape index (κ2) is 8.04. The lowest BCUT2D eigenvalue weighted by atomic mass is 9.54.